The molecular formula is C22H27NO. The maximum atomic E-state index is 6.16. The third kappa shape index (κ3) is 2.94. The van der Waals surface area contributed by atoms with Crippen molar-refractivity contribution in [3.63, 3.8) is 0 Å². The van der Waals surface area contributed by atoms with Gasteiger partial charge >= 0.3 is 0 Å². The van der Waals surface area contributed by atoms with E-state index in [4.69, 9.17) is 9.40 Å². The number of para-hydroxylation sites is 1. The fourth-order valence-electron chi connectivity index (χ4n) is 4.15. The summed E-state index contributed by atoms with van der Waals surface area (Å²) in [5, 5.41) is 1.16. The minimum atomic E-state index is 0.962. The minimum absolute atomic E-state index is 0.962. The van der Waals surface area contributed by atoms with Gasteiger partial charge in [-0.3, -0.25) is 0 Å². The Morgan fingerprint density at radius 1 is 0.833 bits per heavy atom. The Bertz CT molecular complexity index is 846. The molecule has 0 bridgehead atoms. The fourth-order valence-corrected chi connectivity index (χ4v) is 4.15. The molecule has 0 spiro atoms. The van der Waals surface area contributed by atoms with Crippen LogP contribution >= 0.6 is 0 Å². The van der Waals surface area contributed by atoms with Crippen molar-refractivity contribution in [3.05, 3.63) is 41.1 Å². The standard InChI is InChI=1S/C22H27NO/c1-16-17-12-8-6-4-2-3-5-7-9-14-19(17)23-21-18-13-10-11-15-20(18)24-22(16)21/h10-11,13,15H,2-9,12,14H2,1H3. The second-order valence-electron chi connectivity index (χ2n) is 7.27. The van der Waals surface area contributed by atoms with Crippen molar-refractivity contribution >= 4 is 22.1 Å². The van der Waals surface area contributed by atoms with Gasteiger partial charge in [0, 0.05) is 11.1 Å². The molecule has 0 atom stereocenters. The van der Waals surface area contributed by atoms with Gasteiger partial charge in [0.1, 0.15) is 11.1 Å². The number of hydrogen-bond donors (Lipinski definition) is 0. The van der Waals surface area contributed by atoms with Crippen molar-refractivity contribution in [2.45, 2.75) is 71.1 Å². The molecule has 0 radical (unpaired) electrons. The lowest BCUT2D eigenvalue weighted by molar-refractivity contribution is 0.556. The number of rotatable bonds is 0. The average molecular weight is 321 g/mol. The molecule has 24 heavy (non-hydrogen) atoms. The van der Waals surface area contributed by atoms with E-state index in [-0.39, 0.29) is 0 Å². The second kappa shape index (κ2) is 6.96. The van der Waals surface area contributed by atoms with Gasteiger partial charge in [-0.1, -0.05) is 50.7 Å². The molecule has 3 aromatic rings. The number of aryl methyl sites for hydroxylation is 2. The van der Waals surface area contributed by atoms with Crippen LogP contribution in [0.4, 0.5) is 0 Å². The quantitative estimate of drug-likeness (QED) is 0.472. The van der Waals surface area contributed by atoms with Gasteiger partial charge in [-0.25, -0.2) is 4.98 Å². The predicted octanol–water partition coefficient (Wildman–Crippen LogP) is 6.51. The molecule has 1 aromatic carbocycles. The van der Waals surface area contributed by atoms with Crippen molar-refractivity contribution in [1.82, 2.24) is 4.98 Å². The normalized spacial score (nSPS) is 17.4. The minimum Gasteiger partial charge on any atom is -0.454 e. The first-order valence-electron chi connectivity index (χ1n) is 9.64. The van der Waals surface area contributed by atoms with Crippen LogP contribution < -0.4 is 0 Å². The third-order valence-electron chi connectivity index (χ3n) is 5.55. The van der Waals surface area contributed by atoms with Gasteiger partial charge < -0.3 is 4.42 Å². The molecule has 0 amide bonds. The Balaban J connectivity index is 1.81. The topological polar surface area (TPSA) is 26.0 Å². The second-order valence-corrected chi connectivity index (χ2v) is 7.27. The molecule has 0 unspecified atom stereocenters. The highest BCUT2D eigenvalue weighted by Gasteiger charge is 2.17. The molecule has 0 fully saturated rings. The summed E-state index contributed by atoms with van der Waals surface area (Å²) < 4.78 is 6.16. The number of benzene rings is 1. The van der Waals surface area contributed by atoms with E-state index in [1.54, 1.807) is 0 Å². The number of pyridine rings is 1. The van der Waals surface area contributed by atoms with Crippen LogP contribution in [0.5, 0.6) is 0 Å². The predicted molar refractivity (Wildman–Crippen MR) is 101 cm³/mol. The summed E-state index contributed by atoms with van der Waals surface area (Å²) in [5.41, 5.74) is 7.14. The Kier molecular flexibility index (Phi) is 4.55. The van der Waals surface area contributed by atoms with Crippen LogP contribution in [-0.4, -0.2) is 4.98 Å². The Labute approximate surface area is 144 Å². The molecular weight excluding hydrogens is 294 g/mol. The molecule has 2 heterocycles. The molecule has 4 rings (SSSR count). The summed E-state index contributed by atoms with van der Waals surface area (Å²) in [5.74, 6) is 0. The van der Waals surface area contributed by atoms with E-state index in [2.05, 4.69) is 25.1 Å². The van der Waals surface area contributed by atoms with Crippen LogP contribution in [0.2, 0.25) is 0 Å². The molecule has 2 nitrogen and oxygen atoms in total. The number of furan rings is 1. The molecule has 0 saturated carbocycles. The largest absolute Gasteiger partial charge is 0.454 e. The summed E-state index contributed by atoms with van der Waals surface area (Å²) in [7, 11) is 0. The number of nitrogens with zero attached hydrogens (tertiary/aromatic N) is 1. The Morgan fingerprint density at radius 2 is 1.50 bits per heavy atom. The van der Waals surface area contributed by atoms with Crippen LogP contribution in [0.25, 0.3) is 22.1 Å². The van der Waals surface area contributed by atoms with Gasteiger partial charge in [0.15, 0.2) is 5.58 Å². The fraction of sp³-hybridized carbons (Fsp3) is 0.500. The maximum absolute atomic E-state index is 6.16. The van der Waals surface area contributed by atoms with Gasteiger partial charge in [0.05, 0.1) is 0 Å². The molecule has 0 aliphatic heterocycles. The molecule has 126 valence electrons. The molecule has 1 aliphatic carbocycles. The maximum Gasteiger partial charge on any atom is 0.157 e. The van der Waals surface area contributed by atoms with Crippen LogP contribution in [0.3, 0.4) is 0 Å². The summed E-state index contributed by atoms with van der Waals surface area (Å²) in [6.07, 6.45) is 13.1. The lowest BCUT2D eigenvalue weighted by Gasteiger charge is -2.14. The lowest BCUT2D eigenvalue weighted by atomic mass is 9.95. The number of hydrogen-bond acceptors (Lipinski definition) is 2. The molecule has 0 N–H and O–H groups in total. The molecule has 0 saturated heterocycles. The SMILES string of the molecule is Cc1c2c(nc3c1oc1ccccc13)CCCCCCCCCC2. The summed E-state index contributed by atoms with van der Waals surface area (Å²) in [6, 6.07) is 8.30. The van der Waals surface area contributed by atoms with Crippen LogP contribution in [0.15, 0.2) is 28.7 Å². The highest BCUT2D eigenvalue weighted by Crippen LogP contribution is 2.33. The van der Waals surface area contributed by atoms with Gasteiger partial charge in [0.2, 0.25) is 0 Å². The van der Waals surface area contributed by atoms with Crippen molar-refractivity contribution in [3.8, 4) is 0 Å². The first-order chi connectivity index (χ1) is 11.8. The average Bonchev–Trinajstić information content (AvgIpc) is 2.96. The van der Waals surface area contributed by atoms with Crippen molar-refractivity contribution in [2.75, 3.05) is 0 Å². The smallest absolute Gasteiger partial charge is 0.157 e. The highest BCUT2D eigenvalue weighted by atomic mass is 16.3. The van der Waals surface area contributed by atoms with E-state index in [0.29, 0.717) is 0 Å². The van der Waals surface area contributed by atoms with Crippen LogP contribution in [0, 0.1) is 6.92 Å². The van der Waals surface area contributed by atoms with E-state index < -0.39 is 0 Å². The van der Waals surface area contributed by atoms with E-state index in [9.17, 15) is 0 Å². The zero-order chi connectivity index (χ0) is 16.4. The molecule has 2 aromatic heterocycles. The van der Waals surface area contributed by atoms with Gasteiger partial charge in [-0.2, -0.15) is 0 Å². The summed E-state index contributed by atoms with van der Waals surface area (Å²) >= 11 is 0. The Hall–Kier alpha value is -1.83. The van der Waals surface area contributed by atoms with Gasteiger partial charge in [-0.05, 0) is 55.9 Å². The van der Waals surface area contributed by atoms with E-state index in [1.165, 1.54) is 68.2 Å². The van der Waals surface area contributed by atoms with Crippen molar-refractivity contribution in [1.29, 1.82) is 0 Å². The lowest BCUT2D eigenvalue weighted by Crippen LogP contribution is -2.03. The van der Waals surface area contributed by atoms with E-state index in [0.717, 1.165) is 34.9 Å². The summed E-state index contributed by atoms with van der Waals surface area (Å²) in [6.45, 7) is 2.23. The number of fused-ring (bicyclic) bond motifs is 4. The zero-order valence-corrected chi connectivity index (χ0v) is 14.7. The van der Waals surface area contributed by atoms with Crippen LogP contribution in [-0.2, 0) is 12.8 Å². The van der Waals surface area contributed by atoms with E-state index in [1.807, 2.05) is 6.07 Å². The highest BCUT2D eigenvalue weighted by molar-refractivity contribution is 6.03. The third-order valence-corrected chi connectivity index (χ3v) is 5.55. The molecule has 1 aliphatic rings. The zero-order valence-electron chi connectivity index (χ0n) is 14.7. The Morgan fingerprint density at radius 3 is 2.29 bits per heavy atom. The van der Waals surface area contributed by atoms with Gasteiger partial charge in [-0.15, -0.1) is 0 Å². The van der Waals surface area contributed by atoms with Crippen LogP contribution in [0.1, 0.15) is 68.2 Å². The van der Waals surface area contributed by atoms with Crippen molar-refractivity contribution < 1.29 is 4.42 Å². The number of aromatic nitrogens is 1. The first kappa shape index (κ1) is 15.7. The van der Waals surface area contributed by atoms with Crippen molar-refractivity contribution in [2.24, 2.45) is 0 Å². The monoisotopic (exact) mass is 321 g/mol. The van der Waals surface area contributed by atoms with Gasteiger partial charge in [0.25, 0.3) is 0 Å². The first-order valence-corrected chi connectivity index (χ1v) is 9.64. The molecule has 2 heteroatoms. The summed E-state index contributed by atoms with van der Waals surface area (Å²) in [4.78, 5) is 5.10. The van der Waals surface area contributed by atoms with E-state index >= 15 is 0 Å².